The van der Waals surface area contributed by atoms with E-state index in [0.29, 0.717) is 18.8 Å². The van der Waals surface area contributed by atoms with E-state index in [1.807, 2.05) is 53.9 Å². The Morgan fingerprint density at radius 1 is 1.03 bits per heavy atom. The maximum absolute atomic E-state index is 12.6. The summed E-state index contributed by atoms with van der Waals surface area (Å²) in [6, 6.07) is 20.0. The number of thiazole rings is 1. The first-order valence-electron chi connectivity index (χ1n) is 10.6. The number of likely N-dealkylation sites (tertiary alicyclic amines) is 1. The van der Waals surface area contributed by atoms with Gasteiger partial charge in [0.05, 0.1) is 12.0 Å². The molecule has 0 bridgehead atoms. The molecule has 1 N–H and O–H groups in total. The Hall–Kier alpha value is -2.83. The molecule has 6 heteroatoms. The van der Waals surface area contributed by atoms with Gasteiger partial charge < -0.3 is 5.32 Å². The third-order valence-electron chi connectivity index (χ3n) is 6.15. The van der Waals surface area contributed by atoms with E-state index in [1.54, 1.807) is 6.92 Å². The van der Waals surface area contributed by atoms with E-state index in [2.05, 4.69) is 27.3 Å². The quantitative estimate of drug-likeness (QED) is 0.607. The van der Waals surface area contributed by atoms with Crippen molar-refractivity contribution in [3.8, 4) is 0 Å². The molecular weight excluding hydrogens is 406 g/mol. The number of ketones is 1. The van der Waals surface area contributed by atoms with Gasteiger partial charge in [-0.1, -0.05) is 60.7 Å². The van der Waals surface area contributed by atoms with E-state index in [4.69, 9.17) is 0 Å². The maximum Gasteiger partial charge on any atom is 0.271 e. The van der Waals surface area contributed by atoms with Crippen molar-refractivity contribution in [3.05, 3.63) is 87.9 Å². The molecule has 1 saturated heterocycles. The van der Waals surface area contributed by atoms with Crippen molar-refractivity contribution in [2.45, 2.75) is 38.3 Å². The third kappa shape index (κ3) is 4.92. The molecule has 3 aromatic rings. The highest BCUT2D eigenvalue weighted by molar-refractivity contribution is 7.09. The van der Waals surface area contributed by atoms with Crippen LogP contribution < -0.4 is 5.32 Å². The first-order valence-corrected chi connectivity index (χ1v) is 11.5. The van der Waals surface area contributed by atoms with Crippen LogP contribution in [0.5, 0.6) is 0 Å². The van der Waals surface area contributed by atoms with Gasteiger partial charge in [-0.15, -0.1) is 11.3 Å². The SMILES string of the molecule is CC(=O)C1(c2ccccc2)CCN(Cc2nc(C(=O)NCc3ccccc3)cs2)CC1. The second kappa shape index (κ2) is 9.54. The summed E-state index contributed by atoms with van der Waals surface area (Å²) in [5, 5.41) is 5.68. The standard InChI is InChI=1S/C25H27N3O2S/c1-19(29)25(21-10-6-3-7-11-21)12-14-28(15-13-25)17-23-27-22(18-31-23)24(30)26-16-20-8-4-2-5-9-20/h2-11,18H,12-17H2,1H3,(H,26,30). The first-order chi connectivity index (χ1) is 15.1. The maximum atomic E-state index is 12.6. The summed E-state index contributed by atoms with van der Waals surface area (Å²) in [7, 11) is 0. The fraction of sp³-hybridized carbons (Fsp3) is 0.320. The summed E-state index contributed by atoms with van der Waals surface area (Å²) in [4.78, 5) is 31.8. The fourth-order valence-corrected chi connectivity index (χ4v) is 5.06. The fourth-order valence-electron chi connectivity index (χ4n) is 4.24. The minimum atomic E-state index is -0.386. The number of aromatic nitrogens is 1. The van der Waals surface area contributed by atoms with E-state index in [0.717, 1.165) is 42.1 Å². The van der Waals surface area contributed by atoms with E-state index >= 15 is 0 Å². The van der Waals surface area contributed by atoms with Gasteiger partial charge >= 0.3 is 0 Å². The molecule has 5 nitrogen and oxygen atoms in total. The van der Waals surface area contributed by atoms with Crippen molar-refractivity contribution in [3.63, 3.8) is 0 Å². The number of piperidine rings is 1. The molecule has 1 aliphatic rings. The van der Waals surface area contributed by atoms with Gasteiger partial charge in [0.15, 0.2) is 0 Å². The van der Waals surface area contributed by atoms with Gasteiger partial charge in [-0.2, -0.15) is 0 Å². The predicted molar refractivity (Wildman–Crippen MR) is 123 cm³/mol. The summed E-state index contributed by atoms with van der Waals surface area (Å²) in [6.45, 7) is 4.59. The Morgan fingerprint density at radius 3 is 2.32 bits per heavy atom. The van der Waals surface area contributed by atoms with E-state index in [-0.39, 0.29) is 17.1 Å². The normalized spacial score (nSPS) is 16.0. The molecular formula is C25H27N3O2S. The van der Waals surface area contributed by atoms with Crippen LogP contribution in [0.15, 0.2) is 66.0 Å². The van der Waals surface area contributed by atoms with Gasteiger partial charge in [0.25, 0.3) is 5.91 Å². The van der Waals surface area contributed by atoms with Crippen LogP contribution in [0.3, 0.4) is 0 Å². The van der Waals surface area contributed by atoms with Gasteiger partial charge in [0.1, 0.15) is 16.5 Å². The molecule has 160 valence electrons. The molecule has 0 aliphatic carbocycles. The third-order valence-corrected chi connectivity index (χ3v) is 6.98. The lowest BCUT2D eigenvalue weighted by molar-refractivity contribution is -0.124. The zero-order valence-corrected chi connectivity index (χ0v) is 18.5. The molecule has 1 fully saturated rings. The lowest BCUT2D eigenvalue weighted by Gasteiger charge is -2.40. The summed E-state index contributed by atoms with van der Waals surface area (Å²) in [5.74, 6) is 0.0923. The van der Waals surface area contributed by atoms with Crippen LogP contribution in [-0.2, 0) is 23.3 Å². The Kier molecular flexibility index (Phi) is 6.59. The summed E-state index contributed by atoms with van der Waals surface area (Å²) < 4.78 is 0. The number of nitrogens with zero attached hydrogens (tertiary/aromatic N) is 2. The topological polar surface area (TPSA) is 62.3 Å². The highest BCUT2D eigenvalue weighted by atomic mass is 32.1. The summed E-state index contributed by atoms with van der Waals surface area (Å²) in [6.07, 6.45) is 1.62. The van der Waals surface area contributed by atoms with Crippen LogP contribution >= 0.6 is 11.3 Å². The van der Waals surface area contributed by atoms with Crippen molar-refractivity contribution < 1.29 is 9.59 Å². The molecule has 1 amide bonds. The zero-order valence-electron chi connectivity index (χ0n) is 17.7. The minimum absolute atomic E-state index is 0.148. The Labute approximate surface area is 187 Å². The molecule has 0 saturated carbocycles. The van der Waals surface area contributed by atoms with Crippen LogP contribution in [0, 0.1) is 0 Å². The largest absolute Gasteiger partial charge is 0.347 e. The van der Waals surface area contributed by atoms with Crippen LogP contribution in [-0.4, -0.2) is 34.7 Å². The van der Waals surface area contributed by atoms with E-state index in [1.165, 1.54) is 11.3 Å². The van der Waals surface area contributed by atoms with Gasteiger partial charge in [0.2, 0.25) is 0 Å². The Morgan fingerprint density at radius 2 is 1.68 bits per heavy atom. The summed E-state index contributed by atoms with van der Waals surface area (Å²) >= 11 is 1.52. The second-order valence-electron chi connectivity index (χ2n) is 8.08. The zero-order chi connectivity index (χ0) is 21.7. The molecule has 2 heterocycles. The Balaban J connectivity index is 1.33. The smallest absolute Gasteiger partial charge is 0.271 e. The van der Waals surface area contributed by atoms with Gasteiger partial charge in [-0.3, -0.25) is 14.5 Å². The molecule has 2 aromatic carbocycles. The predicted octanol–water partition coefficient (Wildman–Crippen LogP) is 4.20. The van der Waals surface area contributed by atoms with Gasteiger partial charge in [-0.25, -0.2) is 4.98 Å². The number of carbonyl (C=O) groups excluding carboxylic acids is 2. The average molecular weight is 434 g/mol. The number of rotatable bonds is 7. The van der Waals surface area contributed by atoms with Crippen LogP contribution in [0.2, 0.25) is 0 Å². The number of carbonyl (C=O) groups is 2. The monoisotopic (exact) mass is 433 g/mol. The molecule has 4 rings (SSSR count). The molecule has 1 aromatic heterocycles. The lowest BCUT2D eigenvalue weighted by Crippen LogP contribution is -2.46. The van der Waals surface area contributed by atoms with E-state index in [9.17, 15) is 9.59 Å². The van der Waals surface area contributed by atoms with Crippen LogP contribution in [0.25, 0.3) is 0 Å². The van der Waals surface area contributed by atoms with Crippen molar-refractivity contribution in [2.75, 3.05) is 13.1 Å². The van der Waals surface area contributed by atoms with Gasteiger partial charge in [-0.05, 0) is 44.0 Å². The summed E-state index contributed by atoms with van der Waals surface area (Å²) in [5.41, 5.74) is 2.26. The minimum Gasteiger partial charge on any atom is -0.347 e. The number of amides is 1. The molecule has 1 aliphatic heterocycles. The van der Waals surface area contributed by atoms with Crippen molar-refractivity contribution in [2.24, 2.45) is 0 Å². The highest BCUT2D eigenvalue weighted by Gasteiger charge is 2.40. The highest BCUT2D eigenvalue weighted by Crippen LogP contribution is 2.37. The Bertz CT molecular complexity index is 1030. The van der Waals surface area contributed by atoms with Crippen molar-refractivity contribution in [1.82, 2.24) is 15.2 Å². The number of hydrogen-bond acceptors (Lipinski definition) is 5. The number of hydrogen-bond donors (Lipinski definition) is 1. The first kappa shape index (κ1) is 21.4. The molecule has 31 heavy (non-hydrogen) atoms. The van der Waals surface area contributed by atoms with Gasteiger partial charge in [0, 0.05) is 11.9 Å². The number of Topliss-reactive ketones (excluding diaryl/α,β-unsaturated/α-hetero) is 1. The molecule has 0 radical (unpaired) electrons. The van der Waals surface area contributed by atoms with Crippen LogP contribution in [0.1, 0.15) is 46.4 Å². The average Bonchev–Trinajstić information content (AvgIpc) is 3.28. The van der Waals surface area contributed by atoms with Crippen molar-refractivity contribution >= 4 is 23.0 Å². The lowest BCUT2D eigenvalue weighted by atomic mass is 9.70. The second-order valence-corrected chi connectivity index (χ2v) is 9.02. The number of nitrogens with one attached hydrogen (secondary N) is 1. The number of benzene rings is 2. The molecule has 0 atom stereocenters. The molecule has 0 spiro atoms. The molecule has 0 unspecified atom stereocenters. The van der Waals surface area contributed by atoms with E-state index < -0.39 is 0 Å². The van der Waals surface area contributed by atoms with Crippen molar-refractivity contribution in [1.29, 1.82) is 0 Å². The van der Waals surface area contributed by atoms with Crippen LogP contribution in [0.4, 0.5) is 0 Å².